The smallest absolute Gasteiger partial charge is 0.0159 e. The van der Waals surface area contributed by atoms with E-state index in [9.17, 15) is 0 Å². The van der Waals surface area contributed by atoms with Gasteiger partial charge in [0.25, 0.3) is 0 Å². The molecule has 80 heavy (non-hydrogen) atoms. The number of hydrogen-bond acceptors (Lipinski definition) is 0. The van der Waals surface area contributed by atoms with Crippen molar-refractivity contribution in [1.82, 2.24) is 0 Å². The summed E-state index contributed by atoms with van der Waals surface area (Å²) in [4.78, 5) is 0. The topological polar surface area (TPSA) is 0 Å². The lowest BCUT2D eigenvalue weighted by atomic mass is 9.79. The molecule has 0 unspecified atom stereocenters. The molecule has 14 aromatic carbocycles. The quantitative estimate of drug-likeness (QED) is 0.146. The minimum absolute atomic E-state index is 0.156. The summed E-state index contributed by atoms with van der Waals surface area (Å²) in [7, 11) is 0. The maximum Gasteiger partial charge on any atom is 0.0159 e. The van der Waals surface area contributed by atoms with Crippen LogP contribution in [-0.4, -0.2) is 0 Å². The van der Waals surface area contributed by atoms with Gasteiger partial charge in [-0.2, -0.15) is 0 Å². The van der Waals surface area contributed by atoms with Gasteiger partial charge in [-0.25, -0.2) is 0 Å². The van der Waals surface area contributed by atoms with Crippen LogP contribution in [0, 0.1) is 0 Å². The molecule has 0 atom stereocenters. The van der Waals surface area contributed by atoms with E-state index in [0.29, 0.717) is 0 Å². The molecule has 0 nitrogen and oxygen atoms in total. The third-order valence-corrected chi connectivity index (χ3v) is 19.0. The summed E-state index contributed by atoms with van der Waals surface area (Å²) < 4.78 is 0. The van der Waals surface area contributed by atoms with Gasteiger partial charge in [-0.05, 0) is 201 Å². The van der Waals surface area contributed by atoms with Gasteiger partial charge in [-0.3, -0.25) is 0 Å². The monoisotopic (exact) mass is 1010 g/mol. The van der Waals surface area contributed by atoms with Crippen molar-refractivity contribution in [3.05, 3.63) is 277 Å². The highest BCUT2D eigenvalue weighted by molar-refractivity contribution is 6.25. The SMILES string of the molecule is CC1(C)c2cc(-c3ccc(-c4ccc(-c5ccc6c7c(cccc57)-c5ccccc5-6)cc4)cc3)ccc2-c2ccc(-c3ccc4c(c3)C(C)(C)c3cc(-c5ccc(-c6ccc7ccc8cccc9ccc6c7c89)cc5)ccc3-4)cc21. The van der Waals surface area contributed by atoms with Crippen LogP contribution in [0.25, 0.3) is 154 Å². The van der Waals surface area contributed by atoms with Crippen LogP contribution in [0.3, 0.4) is 0 Å². The average molecular weight is 1020 g/mol. The normalized spacial score (nSPS) is 13.9. The number of benzene rings is 14. The number of fused-ring (bicyclic) bond motifs is 9. The summed E-state index contributed by atoms with van der Waals surface area (Å²) in [5.41, 5.74) is 31.0. The molecule has 0 aliphatic heterocycles. The minimum Gasteiger partial charge on any atom is -0.0616 e. The molecule has 0 heterocycles. The molecule has 0 heteroatoms. The zero-order valence-electron chi connectivity index (χ0n) is 45.2. The van der Waals surface area contributed by atoms with Crippen LogP contribution in [-0.2, 0) is 10.8 Å². The van der Waals surface area contributed by atoms with Crippen LogP contribution in [0.4, 0.5) is 0 Å². The first-order chi connectivity index (χ1) is 39.1. The van der Waals surface area contributed by atoms with E-state index in [1.807, 2.05) is 0 Å². The zero-order chi connectivity index (χ0) is 53.2. The maximum atomic E-state index is 2.47. The van der Waals surface area contributed by atoms with Crippen LogP contribution in [0.1, 0.15) is 49.9 Å². The molecular weight excluding hydrogens is 961 g/mol. The summed E-state index contributed by atoms with van der Waals surface area (Å²) in [6.45, 7) is 9.62. The summed E-state index contributed by atoms with van der Waals surface area (Å²) in [6.07, 6.45) is 0. The lowest BCUT2D eigenvalue weighted by molar-refractivity contribution is 0.660. The predicted octanol–water partition coefficient (Wildman–Crippen LogP) is 22.0. The Morgan fingerprint density at radius 2 is 0.487 bits per heavy atom. The van der Waals surface area contributed by atoms with Gasteiger partial charge in [0.05, 0.1) is 0 Å². The fraction of sp³-hybridized carbons (Fsp3) is 0.0750. The number of rotatable bonds is 6. The van der Waals surface area contributed by atoms with E-state index in [1.54, 1.807) is 0 Å². The van der Waals surface area contributed by atoms with Gasteiger partial charge in [-0.1, -0.05) is 258 Å². The molecule has 0 fully saturated rings. The molecule has 0 bridgehead atoms. The zero-order valence-corrected chi connectivity index (χ0v) is 45.2. The second-order valence-electron chi connectivity index (χ2n) is 23.9. The first kappa shape index (κ1) is 45.4. The van der Waals surface area contributed by atoms with E-state index in [-0.39, 0.29) is 10.8 Å². The van der Waals surface area contributed by atoms with Gasteiger partial charge in [0.15, 0.2) is 0 Å². The van der Waals surface area contributed by atoms with Gasteiger partial charge in [-0.15, -0.1) is 0 Å². The van der Waals surface area contributed by atoms with Gasteiger partial charge < -0.3 is 0 Å². The Morgan fingerprint density at radius 1 is 0.188 bits per heavy atom. The van der Waals surface area contributed by atoms with Gasteiger partial charge in [0.1, 0.15) is 0 Å². The van der Waals surface area contributed by atoms with Crippen molar-refractivity contribution in [2.24, 2.45) is 0 Å². The Kier molecular flexibility index (Phi) is 9.34. The van der Waals surface area contributed by atoms with Crippen LogP contribution in [0.5, 0.6) is 0 Å². The molecule has 0 N–H and O–H groups in total. The lowest BCUT2D eigenvalue weighted by Crippen LogP contribution is -2.15. The molecule has 0 saturated carbocycles. The Balaban J connectivity index is 0.618. The Morgan fingerprint density at radius 3 is 0.963 bits per heavy atom. The van der Waals surface area contributed by atoms with Crippen LogP contribution < -0.4 is 0 Å². The van der Waals surface area contributed by atoms with Crippen LogP contribution in [0.15, 0.2) is 255 Å². The highest BCUT2D eigenvalue weighted by Crippen LogP contribution is 2.54. The van der Waals surface area contributed by atoms with Crippen molar-refractivity contribution in [3.63, 3.8) is 0 Å². The second kappa shape index (κ2) is 16.5. The molecule has 3 aliphatic rings. The molecule has 0 saturated heterocycles. The first-order valence-electron chi connectivity index (χ1n) is 28.4. The predicted molar refractivity (Wildman–Crippen MR) is 340 cm³/mol. The third-order valence-electron chi connectivity index (χ3n) is 19.0. The first-order valence-corrected chi connectivity index (χ1v) is 28.4. The average Bonchev–Trinajstić information content (AvgIpc) is 4.10. The molecule has 0 spiro atoms. The molecule has 374 valence electrons. The van der Waals surface area contributed by atoms with Crippen molar-refractivity contribution >= 4 is 43.1 Å². The summed E-state index contributed by atoms with van der Waals surface area (Å²) in [6, 6.07) is 96.7. The maximum absolute atomic E-state index is 2.47. The fourth-order valence-electron chi connectivity index (χ4n) is 14.8. The van der Waals surface area contributed by atoms with E-state index in [1.165, 1.54) is 177 Å². The Labute approximate surface area is 467 Å². The Hall–Kier alpha value is -9.62. The van der Waals surface area contributed by atoms with E-state index in [2.05, 4.69) is 282 Å². The van der Waals surface area contributed by atoms with Gasteiger partial charge >= 0.3 is 0 Å². The highest BCUT2D eigenvalue weighted by Gasteiger charge is 2.38. The molecule has 14 aromatic rings. The third kappa shape index (κ3) is 6.45. The van der Waals surface area contributed by atoms with Crippen molar-refractivity contribution in [2.75, 3.05) is 0 Å². The van der Waals surface area contributed by atoms with Gasteiger partial charge in [0.2, 0.25) is 0 Å². The Bertz CT molecular complexity index is 4900. The second-order valence-corrected chi connectivity index (χ2v) is 23.9. The minimum atomic E-state index is -0.157. The van der Waals surface area contributed by atoms with Crippen LogP contribution >= 0.6 is 0 Å². The van der Waals surface area contributed by atoms with Crippen LogP contribution in [0.2, 0.25) is 0 Å². The van der Waals surface area contributed by atoms with Crippen molar-refractivity contribution in [3.8, 4) is 111 Å². The summed E-state index contributed by atoms with van der Waals surface area (Å²) in [5.74, 6) is 0. The van der Waals surface area contributed by atoms with E-state index >= 15 is 0 Å². The molecule has 3 aliphatic carbocycles. The molecule has 17 rings (SSSR count). The summed E-state index contributed by atoms with van der Waals surface area (Å²) in [5, 5.41) is 10.6. The van der Waals surface area contributed by atoms with Gasteiger partial charge in [0, 0.05) is 10.8 Å². The van der Waals surface area contributed by atoms with Crippen molar-refractivity contribution in [2.45, 2.75) is 38.5 Å². The fourth-order valence-corrected chi connectivity index (χ4v) is 14.8. The van der Waals surface area contributed by atoms with E-state index < -0.39 is 0 Å². The lowest BCUT2D eigenvalue weighted by Gasteiger charge is -2.24. The molecule has 0 aromatic heterocycles. The molecule has 0 radical (unpaired) electrons. The van der Waals surface area contributed by atoms with Crippen molar-refractivity contribution < 1.29 is 0 Å². The molecule has 0 amide bonds. The van der Waals surface area contributed by atoms with E-state index in [4.69, 9.17) is 0 Å². The van der Waals surface area contributed by atoms with E-state index in [0.717, 1.165) is 0 Å². The van der Waals surface area contributed by atoms with Crippen molar-refractivity contribution in [1.29, 1.82) is 0 Å². The highest BCUT2D eigenvalue weighted by atomic mass is 14.4. The summed E-state index contributed by atoms with van der Waals surface area (Å²) >= 11 is 0. The standard InChI is InChI=1S/C80H54/c1-79(2)72-43-56(49-17-15-47(16-18-49)48-19-23-52(24-20-48)61-41-42-71-63-12-6-5-11-62(63)69-14-8-13-68(61)78(69)71)31-36-64(72)66-38-33-58(45-74(66)79)59-34-39-67-65-37-32-57(44-73(65)80(3,4)75(67)46-59)50-21-25-51(26-22-50)60-35-29-55-28-27-53-9-7-10-54-30-40-70(60)77(55)76(53)54/h5-46H,1-4H3. The largest absolute Gasteiger partial charge is 0.0616 e. The molecular formula is C80H54. The number of hydrogen-bond donors (Lipinski definition) is 0.